The molecule has 0 N–H and O–H groups in total. The molecule has 2 nitrogen and oxygen atoms in total. The Labute approximate surface area is 147 Å². The average molecular weight is 330 g/mol. The van der Waals surface area contributed by atoms with E-state index in [0.717, 1.165) is 22.4 Å². The van der Waals surface area contributed by atoms with Crippen LogP contribution in [0.3, 0.4) is 0 Å². The van der Waals surface area contributed by atoms with E-state index in [2.05, 4.69) is 65.0 Å². The van der Waals surface area contributed by atoms with Gasteiger partial charge in [0, 0.05) is 16.0 Å². The molecule has 0 aliphatic rings. The molecule has 0 radical (unpaired) electrons. The number of hydrogen-bond acceptors (Lipinski definition) is 3. The molecule has 0 spiro atoms. The van der Waals surface area contributed by atoms with E-state index in [0.29, 0.717) is 0 Å². The Morgan fingerprint density at radius 3 is 1.79 bits per heavy atom. The predicted molar refractivity (Wildman–Crippen MR) is 104 cm³/mol. The first-order valence-electron chi connectivity index (χ1n) is 7.73. The van der Waals surface area contributed by atoms with Gasteiger partial charge in [-0.15, -0.1) is 16.9 Å². The molecule has 0 heterocycles. The minimum absolute atomic E-state index is 0.869. The van der Waals surface area contributed by atoms with Gasteiger partial charge in [0.25, 0.3) is 0 Å². The molecule has 3 aromatic carbocycles. The number of benzene rings is 3. The predicted octanol–water partition coefficient (Wildman–Crippen LogP) is 5.28. The second-order valence-electron chi connectivity index (χ2n) is 5.20. The Balaban J connectivity index is 1.90. The van der Waals surface area contributed by atoms with Gasteiger partial charge in [-0.05, 0) is 24.0 Å². The maximum atomic E-state index is 4.48. The molecule has 3 aromatic rings. The van der Waals surface area contributed by atoms with Crippen LogP contribution in [0.2, 0.25) is 0 Å². The highest BCUT2D eigenvalue weighted by molar-refractivity contribution is 7.98. The third kappa shape index (κ3) is 4.21. The summed E-state index contributed by atoms with van der Waals surface area (Å²) < 4.78 is 0. The smallest absolute Gasteiger partial charge is 0.100 e. The molecule has 0 saturated carbocycles. The number of rotatable bonds is 5. The second kappa shape index (κ2) is 8.27. The molecular weight excluding hydrogens is 312 g/mol. The van der Waals surface area contributed by atoms with Crippen LogP contribution < -0.4 is 0 Å². The van der Waals surface area contributed by atoms with Crippen LogP contribution in [0.15, 0.2) is 100 Å². The van der Waals surface area contributed by atoms with Gasteiger partial charge in [0.2, 0.25) is 0 Å². The first-order valence-corrected chi connectivity index (χ1v) is 8.95. The van der Waals surface area contributed by atoms with Crippen LogP contribution in [0, 0.1) is 0 Å². The normalized spacial score (nSPS) is 10.7. The van der Waals surface area contributed by atoms with Crippen molar-refractivity contribution in [3.05, 3.63) is 102 Å². The minimum Gasteiger partial charge on any atom is -0.158 e. The van der Waals surface area contributed by atoms with Crippen molar-refractivity contribution in [1.82, 2.24) is 0 Å². The maximum Gasteiger partial charge on any atom is 0.100 e. The minimum atomic E-state index is 0.869. The standard InChI is InChI=1S/C21H18N2S/c1-24-20-14-12-17(13-15-20)16-22-23-21(18-8-4-2-5-9-18)19-10-6-3-7-11-19/h2-16H,1H3/b22-16+. The summed E-state index contributed by atoms with van der Waals surface area (Å²) in [5.41, 5.74) is 4.02. The van der Waals surface area contributed by atoms with E-state index in [-0.39, 0.29) is 0 Å². The van der Waals surface area contributed by atoms with Crippen LogP contribution in [-0.4, -0.2) is 18.2 Å². The SMILES string of the molecule is CSc1ccc(/C=N/N=C(c2ccccc2)c2ccccc2)cc1. The number of hydrogen-bond donors (Lipinski definition) is 0. The van der Waals surface area contributed by atoms with E-state index in [1.165, 1.54) is 4.90 Å². The van der Waals surface area contributed by atoms with Crippen LogP contribution in [-0.2, 0) is 0 Å². The average Bonchev–Trinajstić information content (AvgIpc) is 2.67. The zero-order valence-electron chi connectivity index (χ0n) is 13.5. The van der Waals surface area contributed by atoms with Gasteiger partial charge in [-0.3, -0.25) is 0 Å². The fraction of sp³-hybridized carbons (Fsp3) is 0.0476. The molecule has 0 atom stereocenters. The Hall–Kier alpha value is -2.65. The van der Waals surface area contributed by atoms with Gasteiger partial charge in [0.05, 0.1) is 6.21 Å². The van der Waals surface area contributed by atoms with Crippen molar-refractivity contribution < 1.29 is 0 Å². The van der Waals surface area contributed by atoms with Gasteiger partial charge in [-0.2, -0.15) is 5.10 Å². The van der Waals surface area contributed by atoms with Crippen molar-refractivity contribution >= 4 is 23.7 Å². The van der Waals surface area contributed by atoms with E-state index < -0.39 is 0 Å². The lowest BCUT2D eigenvalue weighted by atomic mass is 10.0. The highest BCUT2D eigenvalue weighted by Gasteiger charge is 2.05. The van der Waals surface area contributed by atoms with Gasteiger partial charge >= 0.3 is 0 Å². The molecule has 0 fully saturated rings. The summed E-state index contributed by atoms with van der Waals surface area (Å²) in [4.78, 5) is 1.24. The summed E-state index contributed by atoms with van der Waals surface area (Å²) in [6.07, 6.45) is 3.86. The molecule has 118 valence electrons. The topological polar surface area (TPSA) is 24.7 Å². The van der Waals surface area contributed by atoms with Crippen molar-refractivity contribution in [2.45, 2.75) is 4.90 Å². The molecule has 0 amide bonds. The van der Waals surface area contributed by atoms with Crippen molar-refractivity contribution in [1.29, 1.82) is 0 Å². The molecule has 0 unspecified atom stereocenters. The van der Waals surface area contributed by atoms with Crippen LogP contribution in [0.25, 0.3) is 0 Å². The highest BCUT2D eigenvalue weighted by Crippen LogP contribution is 2.14. The summed E-state index contributed by atoms with van der Waals surface area (Å²) in [6, 6.07) is 28.5. The van der Waals surface area contributed by atoms with Gasteiger partial charge in [0.1, 0.15) is 5.71 Å². The van der Waals surface area contributed by atoms with Crippen LogP contribution in [0.1, 0.15) is 16.7 Å². The van der Waals surface area contributed by atoms with E-state index in [1.54, 1.807) is 18.0 Å². The van der Waals surface area contributed by atoms with E-state index in [4.69, 9.17) is 0 Å². The molecule has 3 heteroatoms. The summed E-state index contributed by atoms with van der Waals surface area (Å²) in [7, 11) is 0. The third-order valence-corrected chi connectivity index (χ3v) is 4.32. The lowest BCUT2D eigenvalue weighted by Gasteiger charge is -2.05. The van der Waals surface area contributed by atoms with Crippen LogP contribution >= 0.6 is 11.8 Å². The molecule has 0 saturated heterocycles. The first kappa shape index (κ1) is 16.2. The van der Waals surface area contributed by atoms with Crippen molar-refractivity contribution in [2.24, 2.45) is 10.2 Å². The van der Waals surface area contributed by atoms with E-state index >= 15 is 0 Å². The zero-order chi connectivity index (χ0) is 16.6. The van der Waals surface area contributed by atoms with E-state index in [9.17, 15) is 0 Å². The largest absolute Gasteiger partial charge is 0.158 e. The second-order valence-corrected chi connectivity index (χ2v) is 6.08. The Morgan fingerprint density at radius 2 is 1.29 bits per heavy atom. The van der Waals surface area contributed by atoms with Gasteiger partial charge < -0.3 is 0 Å². The zero-order valence-corrected chi connectivity index (χ0v) is 14.3. The molecule has 0 bridgehead atoms. The Bertz CT molecular complexity index is 781. The van der Waals surface area contributed by atoms with Crippen molar-refractivity contribution in [3.63, 3.8) is 0 Å². The highest BCUT2D eigenvalue weighted by atomic mass is 32.2. The Kier molecular flexibility index (Phi) is 5.59. The first-order chi connectivity index (χ1) is 11.9. The number of nitrogens with zero attached hydrogens (tertiary/aromatic N) is 2. The van der Waals surface area contributed by atoms with Crippen molar-refractivity contribution in [3.8, 4) is 0 Å². The van der Waals surface area contributed by atoms with Gasteiger partial charge in [-0.25, -0.2) is 0 Å². The fourth-order valence-corrected chi connectivity index (χ4v) is 2.73. The van der Waals surface area contributed by atoms with Crippen LogP contribution in [0.4, 0.5) is 0 Å². The van der Waals surface area contributed by atoms with Gasteiger partial charge in [-0.1, -0.05) is 72.8 Å². The monoisotopic (exact) mass is 330 g/mol. The van der Waals surface area contributed by atoms with Gasteiger partial charge in [0.15, 0.2) is 0 Å². The fourth-order valence-electron chi connectivity index (χ4n) is 2.32. The molecule has 0 aromatic heterocycles. The summed E-state index contributed by atoms with van der Waals surface area (Å²) in [5.74, 6) is 0. The molecule has 3 rings (SSSR count). The molecular formula is C21H18N2S. The summed E-state index contributed by atoms with van der Waals surface area (Å²) in [5, 5.41) is 8.79. The number of thioether (sulfide) groups is 1. The molecule has 0 aliphatic heterocycles. The van der Waals surface area contributed by atoms with E-state index in [1.807, 2.05) is 36.4 Å². The molecule has 0 aliphatic carbocycles. The Morgan fingerprint density at radius 1 is 0.750 bits per heavy atom. The lowest BCUT2D eigenvalue weighted by Crippen LogP contribution is -2.02. The van der Waals surface area contributed by atoms with Crippen LogP contribution in [0.5, 0.6) is 0 Å². The summed E-state index contributed by atoms with van der Waals surface area (Å²) >= 11 is 1.73. The van der Waals surface area contributed by atoms with Crippen molar-refractivity contribution in [2.75, 3.05) is 6.26 Å². The molecule has 24 heavy (non-hydrogen) atoms. The third-order valence-electron chi connectivity index (χ3n) is 3.57. The maximum absolute atomic E-state index is 4.48. The lowest BCUT2D eigenvalue weighted by molar-refractivity contribution is 1.24. The summed E-state index contributed by atoms with van der Waals surface area (Å²) in [6.45, 7) is 0. The quantitative estimate of drug-likeness (QED) is 0.355.